The van der Waals surface area contributed by atoms with Crippen molar-refractivity contribution < 1.29 is 4.79 Å². The van der Waals surface area contributed by atoms with E-state index >= 15 is 0 Å². The van der Waals surface area contributed by atoms with Gasteiger partial charge < -0.3 is 16.4 Å². The minimum absolute atomic E-state index is 0.0777. The number of amides is 1. The molecular formula is C16H21N3OS. The van der Waals surface area contributed by atoms with Crippen LogP contribution in [0.25, 0.3) is 0 Å². The van der Waals surface area contributed by atoms with Crippen LogP contribution in [0.1, 0.15) is 29.8 Å². The van der Waals surface area contributed by atoms with Crippen LogP contribution in [0.3, 0.4) is 0 Å². The second-order valence-corrected chi connectivity index (χ2v) is 5.82. The van der Waals surface area contributed by atoms with Crippen molar-refractivity contribution in [2.45, 2.75) is 26.3 Å². The maximum Gasteiger partial charge on any atom is 0.251 e. The molecule has 2 aromatic rings. The predicted octanol–water partition coefficient (Wildman–Crippen LogP) is 3.12. The highest BCUT2D eigenvalue weighted by Crippen LogP contribution is 2.22. The molecule has 4 nitrogen and oxygen atoms in total. The van der Waals surface area contributed by atoms with Crippen LogP contribution in [0, 0.1) is 0 Å². The molecule has 4 N–H and O–H groups in total. The highest BCUT2D eigenvalue weighted by molar-refractivity contribution is 7.07. The van der Waals surface area contributed by atoms with Gasteiger partial charge in [-0.2, -0.15) is 11.3 Å². The third-order valence-corrected chi connectivity index (χ3v) is 3.91. The van der Waals surface area contributed by atoms with Gasteiger partial charge in [-0.3, -0.25) is 4.79 Å². The Hall–Kier alpha value is -2.01. The lowest BCUT2D eigenvalue weighted by Crippen LogP contribution is -2.23. The third kappa shape index (κ3) is 4.23. The van der Waals surface area contributed by atoms with Gasteiger partial charge in [0.2, 0.25) is 0 Å². The van der Waals surface area contributed by atoms with Crippen molar-refractivity contribution in [2.75, 3.05) is 17.6 Å². The molecule has 0 radical (unpaired) electrons. The van der Waals surface area contributed by atoms with Gasteiger partial charge in [-0.1, -0.05) is 0 Å². The lowest BCUT2D eigenvalue weighted by molar-refractivity contribution is 0.0956. The Balaban J connectivity index is 2.07. The van der Waals surface area contributed by atoms with Gasteiger partial charge >= 0.3 is 0 Å². The quantitative estimate of drug-likeness (QED) is 0.718. The standard InChI is InChI=1S/C16H21N3OS/c1-3-18-16(20)13-4-5-14(17)15(9-13)19-11(2)8-12-6-7-21-10-12/h4-7,9-11,19H,3,8,17H2,1-2H3,(H,18,20). The number of nitrogens with one attached hydrogen (secondary N) is 2. The number of nitrogen functional groups attached to an aromatic ring is 1. The molecule has 1 heterocycles. The summed E-state index contributed by atoms with van der Waals surface area (Å²) in [6.45, 7) is 4.62. The Morgan fingerprint density at radius 3 is 2.86 bits per heavy atom. The fourth-order valence-electron chi connectivity index (χ4n) is 2.16. The summed E-state index contributed by atoms with van der Waals surface area (Å²) in [6.07, 6.45) is 0.925. The van der Waals surface area contributed by atoms with Crippen LogP contribution in [0.4, 0.5) is 11.4 Å². The fraction of sp³-hybridized carbons (Fsp3) is 0.312. The van der Waals surface area contributed by atoms with E-state index in [2.05, 4.69) is 34.4 Å². The van der Waals surface area contributed by atoms with Crippen molar-refractivity contribution in [2.24, 2.45) is 0 Å². The molecule has 0 saturated carbocycles. The zero-order chi connectivity index (χ0) is 15.2. The minimum atomic E-state index is -0.0777. The molecule has 1 aromatic carbocycles. The molecule has 5 heteroatoms. The number of thiophene rings is 1. The maximum atomic E-state index is 11.9. The SMILES string of the molecule is CCNC(=O)c1ccc(N)c(NC(C)Cc2ccsc2)c1. The van der Waals surface area contributed by atoms with Crippen LogP contribution >= 0.6 is 11.3 Å². The zero-order valence-corrected chi connectivity index (χ0v) is 13.2. The van der Waals surface area contributed by atoms with Gasteiger partial charge in [-0.25, -0.2) is 0 Å². The first-order valence-electron chi connectivity index (χ1n) is 7.05. The Bertz CT molecular complexity index is 596. The van der Waals surface area contributed by atoms with Crippen LogP contribution in [0.15, 0.2) is 35.0 Å². The molecule has 0 fully saturated rings. The monoisotopic (exact) mass is 303 g/mol. The molecule has 0 spiro atoms. The van der Waals surface area contributed by atoms with E-state index in [0.29, 0.717) is 17.8 Å². The molecule has 0 aliphatic rings. The topological polar surface area (TPSA) is 67.2 Å². The molecule has 2 rings (SSSR count). The lowest BCUT2D eigenvalue weighted by atomic mass is 10.1. The number of carbonyl (C=O) groups excluding carboxylic acids is 1. The molecule has 0 bridgehead atoms. The average molecular weight is 303 g/mol. The molecule has 0 saturated heterocycles. The van der Waals surface area contributed by atoms with E-state index in [1.807, 2.05) is 13.0 Å². The van der Waals surface area contributed by atoms with Crippen LogP contribution < -0.4 is 16.4 Å². The first kappa shape index (κ1) is 15.4. The van der Waals surface area contributed by atoms with E-state index in [1.54, 1.807) is 23.5 Å². The Morgan fingerprint density at radius 2 is 2.19 bits per heavy atom. The summed E-state index contributed by atoms with van der Waals surface area (Å²) >= 11 is 1.70. The number of anilines is 2. The first-order valence-corrected chi connectivity index (χ1v) is 7.99. The van der Waals surface area contributed by atoms with Gasteiger partial charge in [0, 0.05) is 18.2 Å². The van der Waals surface area contributed by atoms with Crippen LogP contribution in [-0.4, -0.2) is 18.5 Å². The normalized spacial score (nSPS) is 11.9. The molecule has 1 atom stereocenters. The molecule has 1 unspecified atom stereocenters. The molecule has 1 amide bonds. The van der Waals surface area contributed by atoms with E-state index < -0.39 is 0 Å². The van der Waals surface area contributed by atoms with Crippen molar-refractivity contribution in [1.29, 1.82) is 0 Å². The van der Waals surface area contributed by atoms with Crippen molar-refractivity contribution in [3.63, 3.8) is 0 Å². The van der Waals surface area contributed by atoms with Crippen LogP contribution in [0.2, 0.25) is 0 Å². The Labute approximate surface area is 129 Å². The smallest absolute Gasteiger partial charge is 0.251 e. The predicted molar refractivity (Wildman–Crippen MR) is 90.0 cm³/mol. The van der Waals surface area contributed by atoms with Gasteiger partial charge in [0.25, 0.3) is 5.91 Å². The molecule has 112 valence electrons. The number of benzene rings is 1. The van der Waals surface area contributed by atoms with E-state index in [9.17, 15) is 4.79 Å². The second-order valence-electron chi connectivity index (χ2n) is 5.04. The van der Waals surface area contributed by atoms with Gasteiger partial charge in [0.1, 0.15) is 0 Å². The number of nitrogens with two attached hydrogens (primary N) is 1. The second kappa shape index (κ2) is 7.13. The highest BCUT2D eigenvalue weighted by Gasteiger charge is 2.10. The van der Waals surface area contributed by atoms with Crippen molar-refractivity contribution in [1.82, 2.24) is 5.32 Å². The minimum Gasteiger partial charge on any atom is -0.397 e. The number of hydrogen-bond donors (Lipinski definition) is 3. The summed E-state index contributed by atoms with van der Waals surface area (Å²) in [5.74, 6) is -0.0777. The number of carbonyl (C=O) groups is 1. The first-order chi connectivity index (χ1) is 10.1. The summed E-state index contributed by atoms with van der Waals surface area (Å²) in [4.78, 5) is 11.9. The molecule has 21 heavy (non-hydrogen) atoms. The van der Waals surface area contributed by atoms with Gasteiger partial charge in [-0.15, -0.1) is 0 Å². The van der Waals surface area contributed by atoms with E-state index in [0.717, 1.165) is 12.1 Å². The largest absolute Gasteiger partial charge is 0.397 e. The zero-order valence-electron chi connectivity index (χ0n) is 12.3. The summed E-state index contributed by atoms with van der Waals surface area (Å²) in [6, 6.07) is 7.69. The van der Waals surface area contributed by atoms with Crippen LogP contribution in [-0.2, 0) is 6.42 Å². The van der Waals surface area contributed by atoms with Crippen molar-refractivity contribution >= 4 is 28.6 Å². The third-order valence-electron chi connectivity index (χ3n) is 3.18. The van der Waals surface area contributed by atoms with E-state index in [1.165, 1.54) is 5.56 Å². The number of rotatable bonds is 6. The van der Waals surface area contributed by atoms with E-state index in [4.69, 9.17) is 5.73 Å². The molecule has 0 aliphatic carbocycles. The Kier molecular flexibility index (Phi) is 5.22. The Morgan fingerprint density at radius 1 is 1.38 bits per heavy atom. The maximum absolute atomic E-state index is 11.9. The lowest BCUT2D eigenvalue weighted by Gasteiger charge is -2.17. The van der Waals surface area contributed by atoms with Gasteiger partial charge in [0.05, 0.1) is 11.4 Å². The summed E-state index contributed by atoms with van der Waals surface area (Å²) in [5.41, 5.74) is 9.38. The van der Waals surface area contributed by atoms with Crippen LogP contribution in [0.5, 0.6) is 0 Å². The van der Waals surface area contributed by atoms with Gasteiger partial charge in [0.15, 0.2) is 0 Å². The summed E-state index contributed by atoms with van der Waals surface area (Å²) in [7, 11) is 0. The van der Waals surface area contributed by atoms with Crippen molar-refractivity contribution in [3.05, 3.63) is 46.2 Å². The highest BCUT2D eigenvalue weighted by atomic mass is 32.1. The molecular weight excluding hydrogens is 282 g/mol. The van der Waals surface area contributed by atoms with Crippen molar-refractivity contribution in [3.8, 4) is 0 Å². The van der Waals surface area contributed by atoms with E-state index in [-0.39, 0.29) is 11.9 Å². The van der Waals surface area contributed by atoms with Gasteiger partial charge in [-0.05, 0) is 60.9 Å². The summed E-state index contributed by atoms with van der Waals surface area (Å²) < 4.78 is 0. The fourth-order valence-corrected chi connectivity index (χ4v) is 2.85. The molecule has 0 aliphatic heterocycles. The summed E-state index contributed by atoms with van der Waals surface area (Å²) in [5, 5.41) is 10.4. The number of hydrogen-bond acceptors (Lipinski definition) is 4. The average Bonchev–Trinajstić information content (AvgIpc) is 2.94. The molecule has 1 aromatic heterocycles.